The van der Waals surface area contributed by atoms with Crippen molar-refractivity contribution in [3.63, 3.8) is 0 Å². The van der Waals surface area contributed by atoms with Crippen molar-refractivity contribution in [2.75, 3.05) is 26.2 Å². The molecule has 1 spiro atoms. The highest BCUT2D eigenvalue weighted by atomic mass is 16.8. The van der Waals surface area contributed by atoms with Crippen LogP contribution in [0.25, 0.3) is 0 Å². The first-order valence-corrected chi connectivity index (χ1v) is 8.72. The maximum atomic E-state index is 10.6. The smallest absolute Gasteiger partial charge is 0.215 e. The molecule has 0 saturated carbocycles. The van der Waals surface area contributed by atoms with Gasteiger partial charge in [0.1, 0.15) is 6.10 Å². The highest BCUT2D eigenvalue weighted by Crippen LogP contribution is 2.41. The van der Waals surface area contributed by atoms with Crippen LogP contribution >= 0.6 is 0 Å². The summed E-state index contributed by atoms with van der Waals surface area (Å²) in [5, 5.41) is 10.6. The molecule has 1 aliphatic heterocycles. The minimum Gasteiger partial charge on any atom is -0.387 e. The van der Waals surface area contributed by atoms with Crippen molar-refractivity contribution in [1.29, 1.82) is 0 Å². The van der Waals surface area contributed by atoms with Crippen LogP contribution in [0.4, 0.5) is 0 Å². The van der Waals surface area contributed by atoms with E-state index in [9.17, 15) is 5.11 Å². The predicted molar refractivity (Wildman–Crippen MR) is 88.7 cm³/mol. The van der Waals surface area contributed by atoms with E-state index >= 15 is 0 Å². The van der Waals surface area contributed by atoms with Crippen molar-refractivity contribution in [3.05, 3.63) is 12.2 Å². The Bertz CT molecular complexity index is 390. The van der Waals surface area contributed by atoms with E-state index in [0.717, 1.165) is 26.1 Å². The van der Waals surface area contributed by atoms with Crippen molar-refractivity contribution in [3.8, 4) is 0 Å². The van der Waals surface area contributed by atoms with Crippen LogP contribution in [-0.4, -0.2) is 54.2 Å². The average molecular weight is 311 g/mol. The number of nitrogens with zero attached hydrogens (tertiary/aromatic N) is 1. The highest BCUT2D eigenvalue weighted by molar-refractivity contribution is 5.12. The van der Waals surface area contributed by atoms with Crippen molar-refractivity contribution in [2.24, 2.45) is 11.3 Å². The zero-order chi connectivity index (χ0) is 16.4. The summed E-state index contributed by atoms with van der Waals surface area (Å²) in [6, 6.07) is 0. The standard InChI is InChI=1S/C18H33NO3/c1-6-10-19(7-2)12-15-13-21-18(22-15)9-8-14(11-16(18)20)17(3,4)5/h8-9,14-16,20H,6-7,10-13H2,1-5H3. The lowest BCUT2D eigenvalue weighted by atomic mass is 9.73. The number of rotatable bonds is 5. The fourth-order valence-corrected chi connectivity index (χ4v) is 3.37. The molecular weight excluding hydrogens is 278 g/mol. The first-order chi connectivity index (χ1) is 10.3. The molecule has 4 nitrogen and oxygen atoms in total. The maximum absolute atomic E-state index is 10.6. The Kier molecular flexibility index (Phi) is 5.70. The lowest BCUT2D eigenvalue weighted by Crippen LogP contribution is -2.47. The normalized spacial score (nSPS) is 35.7. The third kappa shape index (κ3) is 3.91. The van der Waals surface area contributed by atoms with Crippen molar-refractivity contribution < 1.29 is 14.6 Å². The Morgan fingerprint density at radius 2 is 2.05 bits per heavy atom. The number of allylic oxidation sites excluding steroid dienone is 1. The number of hydrogen-bond acceptors (Lipinski definition) is 4. The maximum Gasteiger partial charge on any atom is 0.215 e. The highest BCUT2D eigenvalue weighted by Gasteiger charge is 2.49. The Hall–Kier alpha value is -0.420. The molecule has 0 aromatic rings. The molecule has 0 amide bonds. The summed E-state index contributed by atoms with van der Waals surface area (Å²) in [6.07, 6.45) is 5.40. The average Bonchev–Trinajstić information content (AvgIpc) is 2.84. The summed E-state index contributed by atoms with van der Waals surface area (Å²) in [5.41, 5.74) is 0.150. The van der Waals surface area contributed by atoms with Gasteiger partial charge in [-0.1, -0.05) is 40.7 Å². The monoisotopic (exact) mass is 311 g/mol. The van der Waals surface area contributed by atoms with E-state index in [-0.39, 0.29) is 11.5 Å². The Morgan fingerprint density at radius 3 is 2.59 bits per heavy atom. The zero-order valence-corrected chi connectivity index (χ0v) is 14.8. The van der Waals surface area contributed by atoms with E-state index in [0.29, 0.717) is 18.9 Å². The Balaban J connectivity index is 1.99. The van der Waals surface area contributed by atoms with E-state index in [1.54, 1.807) is 0 Å². The molecule has 0 aromatic heterocycles. The molecule has 2 rings (SSSR count). The van der Waals surface area contributed by atoms with Gasteiger partial charge < -0.3 is 19.5 Å². The summed E-state index contributed by atoms with van der Waals surface area (Å²) >= 11 is 0. The van der Waals surface area contributed by atoms with Crippen LogP contribution in [0.5, 0.6) is 0 Å². The second-order valence-electron chi connectivity index (χ2n) is 7.75. The molecular formula is C18H33NO3. The summed E-state index contributed by atoms with van der Waals surface area (Å²) in [5.74, 6) is -0.565. The van der Waals surface area contributed by atoms with E-state index in [4.69, 9.17) is 9.47 Å². The van der Waals surface area contributed by atoms with Crippen LogP contribution in [0, 0.1) is 11.3 Å². The number of hydrogen-bond donors (Lipinski definition) is 1. The van der Waals surface area contributed by atoms with Crippen LogP contribution in [0.1, 0.15) is 47.5 Å². The molecule has 2 aliphatic rings. The van der Waals surface area contributed by atoms with Crippen LogP contribution in [0.15, 0.2) is 12.2 Å². The van der Waals surface area contributed by atoms with Gasteiger partial charge in [0, 0.05) is 6.54 Å². The molecule has 1 N–H and O–H groups in total. The quantitative estimate of drug-likeness (QED) is 0.793. The summed E-state index contributed by atoms with van der Waals surface area (Å²) in [7, 11) is 0. The third-order valence-corrected chi connectivity index (χ3v) is 4.91. The fourth-order valence-electron chi connectivity index (χ4n) is 3.37. The van der Waals surface area contributed by atoms with E-state index < -0.39 is 11.9 Å². The van der Waals surface area contributed by atoms with Gasteiger partial charge in [-0.05, 0) is 43.3 Å². The molecule has 1 saturated heterocycles. The Labute approximate surface area is 135 Å². The lowest BCUT2D eigenvalue weighted by Gasteiger charge is -2.40. The molecule has 0 aromatic carbocycles. The molecule has 4 unspecified atom stereocenters. The molecule has 0 bridgehead atoms. The first-order valence-electron chi connectivity index (χ1n) is 8.72. The molecule has 1 heterocycles. The van der Waals surface area contributed by atoms with Gasteiger partial charge in [-0.3, -0.25) is 0 Å². The summed E-state index contributed by atoms with van der Waals surface area (Å²) < 4.78 is 12.0. The second kappa shape index (κ2) is 7.00. The number of likely N-dealkylation sites (N-methyl/N-ethyl adjacent to an activating group) is 1. The molecule has 0 radical (unpaired) electrons. The lowest BCUT2D eigenvalue weighted by molar-refractivity contribution is -0.205. The molecule has 4 atom stereocenters. The van der Waals surface area contributed by atoms with Gasteiger partial charge in [-0.15, -0.1) is 0 Å². The minimum absolute atomic E-state index is 0.0389. The number of ether oxygens (including phenoxy) is 2. The first kappa shape index (κ1) is 17.9. The van der Waals surface area contributed by atoms with Gasteiger partial charge in [0.05, 0.1) is 12.7 Å². The molecule has 128 valence electrons. The number of aliphatic hydroxyl groups excluding tert-OH is 1. The predicted octanol–water partition coefficient (Wildman–Crippen LogP) is 2.81. The Morgan fingerprint density at radius 1 is 1.32 bits per heavy atom. The summed E-state index contributed by atoms with van der Waals surface area (Å²) in [6.45, 7) is 14.5. The van der Waals surface area contributed by atoms with E-state index in [1.807, 2.05) is 6.08 Å². The van der Waals surface area contributed by atoms with Gasteiger partial charge in [-0.2, -0.15) is 0 Å². The second-order valence-corrected chi connectivity index (χ2v) is 7.75. The minimum atomic E-state index is -0.919. The van der Waals surface area contributed by atoms with Gasteiger partial charge >= 0.3 is 0 Å². The molecule has 4 heteroatoms. The largest absolute Gasteiger partial charge is 0.387 e. The third-order valence-electron chi connectivity index (χ3n) is 4.91. The molecule has 1 fully saturated rings. The van der Waals surface area contributed by atoms with Gasteiger partial charge in [-0.25, -0.2) is 0 Å². The summed E-state index contributed by atoms with van der Waals surface area (Å²) in [4.78, 5) is 2.38. The van der Waals surface area contributed by atoms with Crippen molar-refractivity contribution >= 4 is 0 Å². The van der Waals surface area contributed by atoms with Crippen molar-refractivity contribution in [1.82, 2.24) is 4.90 Å². The fraction of sp³-hybridized carbons (Fsp3) is 0.889. The van der Waals surface area contributed by atoms with E-state index in [1.165, 1.54) is 0 Å². The van der Waals surface area contributed by atoms with Gasteiger partial charge in [0.2, 0.25) is 5.79 Å². The molecule has 22 heavy (non-hydrogen) atoms. The number of aliphatic hydroxyl groups is 1. The van der Waals surface area contributed by atoms with E-state index in [2.05, 4.69) is 45.6 Å². The van der Waals surface area contributed by atoms with Crippen molar-refractivity contribution in [2.45, 2.75) is 65.5 Å². The van der Waals surface area contributed by atoms with Crippen LogP contribution < -0.4 is 0 Å². The SMILES string of the molecule is CCCN(CC)CC1COC2(C=CC(C(C)(C)C)CC2O)O1. The van der Waals surface area contributed by atoms with Crippen LogP contribution in [0.3, 0.4) is 0 Å². The molecule has 1 aliphatic carbocycles. The van der Waals surface area contributed by atoms with Crippen LogP contribution in [0.2, 0.25) is 0 Å². The topological polar surface area (TPSA) is 41.9 Å². The zero-order valence-electron chi connectivity index (χ0n) is 14.8. The van der Waals surface area contributed by atoms with Crippen LogP contribution in [-0.2, 0) is 9.47 Å². The van der Waals surface area contributed by atoms with Gasteiger partial charge in [0.25, 0.3) is 0 Å². The van der Waals surface area contributed by atoms with Gasteiger partial charge in [0.15, 0.2) is 0 Å².